The van der Waals surface area contributed by atoms with Crippen molar-refractivity contribution in [2.45, 2.75) is 13.5 Å². The number of carbonyl (C=O) groups is 2. The third-order valence-corrected chi connectivity index (χ3v) is 5.99. The first-order chi connectivity index (χ1) is 16.9. The summed E-state index contributed by atoms with van der Waals surface area (Å²) in [7, 11) is 2.50. The number of nitrogens with zero attached hydrogens (tertiary/aromatic N) is 2. The third-order valence-electron chi connectivity index (χ3n) is 5.50. The molecule has 0 saturated carbocycles. The topological polar surface area (TPSA) is 79.7 Å². The van der Waals surface area contributed by atoms with Crippen LogP contribution in [0.15, 0.2) is 77.3 Å². The second-order valence-corrected chi connectivity index (χ2v) is 8.57. The van der Waals surface area contributed by atoms with Crippen LogP contribution in [0.3, 0.4) is 0 Å². The van der Waals surface area contributed by atoms with E-state index in [4.69, 9.17) is 14.2 Å². The number of esters is 2. The zero-order valence-corrected chi connectivity index (χ0v) is 21.0. The number of rotatable bonds is 7. The van der Waals surface area contributed by atoms with Crippen molar-refractivity contribution in [1.82, 2.24) is 9.78 Å². The van der Waals surface area contributed by atoms with E-state index in [1.807, 2.05) is 55.5 Å². The molecule has 4 aromatic rings. The molecule has 0 fully saturated rings. The van der Waals surface area contributed by atoms with Crippen molar-refractivity contribution in [3.63, 3.8) is 0 Å². The van der Waals surface area contributed by atoms with Gasteiger partial charge in [0.2, 0.25) is 0 Å². The second kappa shape index (κ2) is 10.6. The summed E-state index contributed by atoms with van der Waals surface area (Å²) in [6.45, 7) is 2.33. The Bertz CT molecular complexity index is 1380. The predicted molar refractivity (Wildman–Crippen MR) is 135 cm³/mol. The Morgan fingerprint density at radius 1 is 0.914 bits per heavy atom. The van der Waals surface area contributed by atoms with Crippen LogP contribution in [0.4, 0.5) is 0 Å². The first-order valence-electron chi connectivity index (χ1n) is 10.8. The molecular weight excluding hydrogens is 512 g/mol. The lowest BCUT2D eigenvalue weighted by molar-refractivity contribution is 0.0549. The highest BCUT2D eigenvalue weighted by atomic mass is 79.9. The quantitative estimate of drug-likeness (QED) is 0.280. The van der Waals surface area contributed by atoms with Crippen LogP contribution in [-0.2, 0) is 16.1 Å². The molecule has 0 spiro atoms. The molecule has 1 aromatic heterocycles. The van der Waals surface area contributed by atoms with Crippen molar-refractivity contribution in [3.8, 4) is 22.7 Å². The number of methoxy groups -OCH3 is 2. The Morgan fingerprint density at radius 3 is 2.29 bits per heavy atom. The lowest BCUT2D eigenvalue weighted by Gasteiger charge is -2.13. The van der Waals surface area contributed by atoms with Gasteiger partial charge >= 0.3 is 11.9 Å². The maximum absolute atomic E-state index is 13.0. The fourth-order valence-electron chi connectivity index (χ4n) is 3.68. The second-order valence-electron chi connectivity index (χ2n) is 7.66. The number of aromatic nitrogens is 2. The van der Waals surface area contributed by atoms with Crippen molar-refractivity contribution in [1.29, 1.82) is 0 Å². The van der Waals surface area contributed by atoms with E-state index in [1.165, 1.54) is 18.9 Å². The molecule has 0 saturated heterocycles. The van der Waals surface area contributed by atoms with Crippen LogP contribution in [0.5, 0.6) is 5.75 Å². The van der Waals surface area contributed by atoms with E-state index >= 15 is 0 Å². The van der Waals surface area contributed by atoms with Gasteiger partial charge in [-0.05, 0) is 48.4 Å². The molecule has 7 nitrogen and oxygen atoms in total. The van der Waals surface area contributed by atoms with E-state index in [9.17, 15) is 9.59 Å². The molecule has 4 rings (SSSR count). The van der Waals surface area contributed by atoms with Crippen LogP contribution in [-0.4, -0.2) is 35.9 Å². The molecule has 178 valence electrons. The Kier molecular flexibility index (Phi) is 7.31. The molecule has 8 heteroatoms. The van der Waals surface area contributed by atoms with Gasteiger partial charge in [-0.15, -0.1) is 0 Å². The summed E-state index contributed by atoms with van der Waals surface area (Å²) in [6, 6.07) is 22.4. The highest BCUT2D eigenvalue weighted by Crippen LogP contribution is 2.37. The van der Waals surface area contributed by atoms with Gasteiger partial charge in [-0.25, -0.2) is 14.3 Å². The highest BCUT2D eigenvalue weighted by Gasteiger charge is 2.32. The van der Waals surface area contributed by atoms with Crippen LogP contribution >= 0.6 is 15.9 Å². The van der Waals surface area contributed by atoms with Gasteiger partial charge in [0, 0.05) is 10.0 Å². The number of hydrogen-bond donors (Lipinski definition) is 0. The molecule has 35 heavy (non-hydrogen) atoms. The molecule has 0 aliphatic heterocycles. The van der Waals surface area contributed by atoms with Crippen LogP contribution in [0.25, 0.3) is 16.9 Å². The third kappa shape index (κ3) is 4.97. The number of benzene rings is 3. The maximum Gasteiger partial charge on any atom is 0.357 e. The standard InChI is InChI=1S/C27H23BrN2O5/c1-17-9-7-8-10-18(17)16-35-22-14-13-19(28)15-21(22)24-23(26(31)33-2)25(27(32)34-3)30(29-24)20-11-5-4-6-12-20/h4-15H,16H2,1-3H3. The zero-order chi connectivity index (χ0) is 24.9. The van der Waals surface area contributed by atoms with Gasteiger partial charge in [-0.3, -0.25) is 0 Å². The monoisotopic (exact) mass is 534 g/mol. The molecule has 0 radical (unpaired) electrons. The van der Waals surface area contributed by atoms with E-state index in [0.717, 1.165) is 15.6 Å². The van der Waals surface area contributed by atoms with Crippen LogP contribution in [0.2, 0.25) is 0 Å². The first-order valence-corrected chi connectivity index (χ1v) is 11.6. The van der Waals surface area contributed by atoms with E-state index < -0.39 is 11.9 Å². The van der Waals surface area contributed by atoms with E-state index in [2.05, 4.69) is 21.0 Å². The first kappa shape index (κ1) is 24.2. The summed E-state index contributed by atoms with van der Waals surface area (Å²) in [6.07, 6.45) is 0. The molecule has 0 atom stereocenters. The Hall–Kier alpha value is -3.91. The highest BCUT2D eigenvalue weighted by molar-refractivity contribution is 9.10. The molecule has 0 aliphatic carbocycles. The number of aryl methyl sites for hydroxylation is 1. The van der Waals surface area contributed by atoms with E-state index in [-0.39, 0.29) is 17.0 Å². The Labute approximate surface area is 211 Å². The number of para-hydroxylation sites is 1. The van der Waals surface area contributed by atoms with Gasteiger partial charge in [-0.1, -0.05) is 58.4 Å². The van der Waals surface area contributed by atoms with Crippen molar-refractivity contribution in [3.05, 3.63) is 99.7 Å². The normalized spacial score (nSPS) is 10.6. The lowest BCUT2D eigenvalue weighted by atomic mass is 10.0. The van der Waals surface area contributed by atoms with Gasteiger partial charge in [0.15, 0.2) is 5.69 Å². The summed E-state index contributed by atoms with van der Waals surface area (Å²) < 4.78 is 18.4. The van der Waals surface area contributed by atoms with E-state index in [0.29, 0.717) is 23.6 Å². The van der Waals surface area contributed by atoms with Crippen molar-refractivity contribution in [2.24, 2.45) is 0 Å². The minimum absolute atomic E-state index is 0.0120. The minimum atomic E-state index is -0.717. The van der Waals surface area contributed by atoms with Gasteiger partial charge < -0.3 is 14.2 Å². The molecule has 1 heterocycles. The number of hydrogen-bond acceptors (Lipinski definition) is 6. The predicted octanol–water partition coefficient (Wildman–Crippen LogP) is 5.76. The summed E-state index contributed by atoms with van der Waals surface area (Å²) >= 11 is 3.49. The molecule has 0 bridgehead atoms. The van der Waals surface area contributed by atoms with Crippen molar-refractivity contribution < 1.29 is 23.8 Å². The number of carbonyl (C=O) groups excluding carboxylic acids is 2. The molecule has 0 N–H and O–H groups in total. The van der Waals surface area contributed by atoms with Gasteiger partial charge in [0.1, 0.15) is 23.6 Å². The molecule has 3 aromatic carbocycles. The Balaban J connectivity index is 1.92. The average Bonchev–Trinajstić information content (AvgIpc) is 3.29. The SMILES string of the molecule is COC(=O)c1c(-c2cc(Br)ccc2OCc2ccccc2C)nn(-c2ccccc2)c1C(=O)OC. The van der Waals surface area contributed by atoms with Gasteiger partial charge in [-0.2, -0.15) is 5.10 Å². The molecule has 0 unspecified atom stereocenters. The summed E-state index contributed by atoms with van der Waals surface area (Å²) in [5.74, 6) is -0.937. The summed E-state index contributed by atoms with van der Waals surface area (Å²) in [4.78, 5) is 25.8. The van der Waals surface area contributed by atoms with Crippen LogP contribution in [0, 0.1) is 6.92 Å². The fraction of sp³-hybridized carbons (Fsp3) is 0.148. The fourth-order valence-corrected chi connectivity index (χ4v) is 4.04. The largest absolute Gasteiger partial charge is 0.488 e. The smallest absolute Gasteiger partial charge is 0.357 e. The average molecular weight is 535 g/mol. The van der Waals surface area contributed by atoms with E-state index in [1.54, 1.807) is 24.3 Å². The number of halogens is 1. The molecular formula is C27H23BrN2O5. The van der Waals surface area contributed by atoms with Crippen LogP contribution in [0.1, 0.15) is 32.0 Å². The maximum atomic E-state index is 13.0. The lowest BCUT2D eigenvalue weighted by Crippen LogP contribution is -2.15. The van der Waals surface area contributed by atoms with Crippen molar-refractivity contribution >= 4 is 27.9 Å². The van der Waals surface area contributed by atoms with Gasteiger partial charge in [0.25, 0.3) is 0 Å². The van der Waals surface area contributed by atoms with Gasteiger partial charge in [0.05, 0.1) is 19.9 Å². The molecule has 0 aliphatic rings. The van der Waals surface area contributed by atoms with Crippen molar-refractivity contribution in [2.75, 3.05) is 14.2 Å². The molecule has 0 amide bonds. The minimum Gasteiger partial charge on any atom is -0.488 e. The van der Waals surface area contributed by atoms with Crippen LogP contribution < -0.4 is 4.74 Å². The number of ether oxygens (including phenoxy) is 3. The summed E-state index contributed by atoms with van der Waals surface area (Å²) in [5, 5.41) is 4.68. The summed E-state index contributed by atoms with van der Waals surface area (Å²) in [5.41, 5.74) is 3.42. The Morgan fingerprint density at radius 2 is 1.60 bits per heavy atom. The zero-order valence-electron chi connectivity index (χ0n) is 19.4.